The van der Waals surface area contributed by atoms with Crippen LogP contribution in [0.25, 0.3) is 0 Å². The molecule has 0 radical (unpaired) electrons. The Morgan fingerprint density at radius 1 is 1.25 bits per heavy atom. The predicted molar refractivity (Wildman–Crippen MR) is 85.2 cm³/mol. The predicted octanol–water partition coefficient (Wildman–Crippen LogP) is 3.26. The van der Waals surface area contributed by atoms with Gasteiger partial charge in [-0.3, -0.25) is 4.98 Å². The van der Waals surface area contributed by atoms with Gasteiger partial charge in [-0.25, -0.2) is 0 Å². The van der Waals surface area contributed by atoms with Crippen LogP contribution in [0.4, 0.5) is 5.69 Å². The highest BCUT2D eigenvalue weighted by molar-refractivity contribution is 6.31. The molecule has 3 nitrogen and oxygen atoms in total. The van der Waals surface area contributed by atoms with E-state index in [9.17, 15) is 0 Å². The van der Waals surface area contributed by atoms with E-state index in [0.29, 0.717) is 6.54 Å². The molecule has 0 aliphatic carbocycles. The third-order valence-electron chi connectivity index (χ3n) is 3.28. The molecule has 0 atom stereocenters. The van der Waals surface area contributed by atoms with Crippen molar-refractivity contribution in [3.8, 4) is 0 Å². The molecule has 2 aromatic rings. The smallest absolute Gasteiger partial charge is 0.0601 e. The third kappa shape index (κ3) is 3.71. The van der Waals surface area contributed by atoms with Crippen LogP contribution < -0.4 is 10.6 Å². The molecule has 0 saturated heterocycles. The summed E-state index contributed by atoms with van der Waals surface area (Å²) in [7, 11) is 0. The van der Waals surface area contributed by atoms with Crippen LogP contribution in [0.1, 0.15) is 18.2 Å². The van der Waals surface area contributed by atoms with Crippen LogP contribution in [0.5, 0.6) is 0 Å². The molecule has 0 saturated carbocycles. The minimum Gasteiger partial charge on any atom is -0.366 e. The summed E-state index contributed by atoms with van der Waals surface area (Å²) in [6.45, 7) is 4.43. The van der Waals surface area contributed by atoms with Crippen molar-refractivity contribution in [1.82, 2.24) is 4.98 Å². The van der Waals surface area contributed by atoms with Crippen LogP contribution >= 0.6 is 11.6 Å². The van der Waals surface area contributed by atoms with Gasteiger partial charge in [0.15, 0.2) is 0 Å². The van der Waals surface area contributed by atoms with Crippen molar-refractivity contribution in [3.63, 3.8) is 0 Å². The normalized spacial score (nSPS) is 10.6. The lowest BCUT2D eigenvalue weighted by Crippen LogP contribution is -2.22. The van der Waals surface area contributed by atoms with Crippen LogP contribution in [0, 0.1) is 0 Å². The van der Waals surface area contributed by atoms with Gasteiger partial charge >= 0.3 is 0 Å². The van der Waals surface area contributed by atoms with E-state index in [4.69, 9.17) is 17.3 Å². The Labute approximate surface area is 125 Å². The summed E-state index contributed by atoms with van der Waals surface area (Å²) in [5.41, 5.74) is 8.85. The lowest BCUT2D eigenvalue weighted by molar-refractivity contribution is 0.809. The summed E-state index contributed by atoms with van der Waals surface area (Å²) in [5, 5.41) is 0.785. The Morgan fingerprint density at radius 3 is 2.70 bits per heavy atom. The molecular weight excluding hydrogens is 270 g/mol. The van der Waals surface area contributed by atoms with E-state index in [1.54, 1.807) is 0 Å². The van der Waals surface area contributed by atoms with Gasteiger partial charge in [0.25, 0.3) is 0 Å². The summed E-state index contributed by atoms with van der Waals surface area (Å²) in [6, 6.07) is 12.1. The van der Waals surface area contributed by atoms with Crippen molar-refractivity contribution in [2.75, 3.05) is 18.0 Å². The number of aromatic nitrogens is 1. The maximum atomic E-state index is 6.31. The molecular formula is C16H20ClN3. The maximum absolute atomic E-state index is 6.31. The molecule has 0 fully saturated rings. The first kappa shape index (κ1) is 14.8. The number of hydrogen-bond donors (Lipinski definition) is 1. The quantitative estimate of drug-likeness (QED) is 0.887. The molecule has 20 heavy (non-hydrogen) atoms. The molecule has 1 aromatic heterocycles. The van der Waals surface area contributed by atoms with Crippen molar-refractivity contribution >= 4 is 17.3 Å². The molecule has 0 unspecified atom stereocenters. The van der Waals surface area contributed by atoms with Crippen LogP contribution in [-0.2, 0) is 13.0 Å². The Bertz CT molecular complexity index is 543. The maximum Gasteiger partial charge on any atom is 0.0601 e. The van der Waals surface area contributed by atoms with Crippen molar-refractivity contribution in [2.24, 2.45) is 5.73 Å². The van der Waals surface area contributed by atoms with Gasteiger partial charge in [0, 0.05) is 23.5 Å². The first-order valence-electron chi connectivity index (χ1n) is 6.88. The number of anilines is 1. The molecule has 2 N–H and O–H groups in total. The fourth-order valence-electron chi connectivity index (χ4n) is 2.16. The van der Waals surface area contributed by atoms with Gasteiger partial charge in [-0.2, -0.15) is 0 Å². The topological polar surface area (TPSA) is 42.2 Å². The molecule has 4 heteroatoms. The van der Waals surface area contributed by atoms with Crippen molar-refractivity contribution < 1.29 is 0 Å². The van der Waals surface area contributed by atoms with E-state index in [1.807, 2.05) is 30.5 Å². The van der Waals surface area contributed by atoms with Gasteiger partial charge in [-0.15, -0.1) is 0 Å². The molecule has 2 rings (SSSR count). The number of benzene rings is 1. The number of rotatable bonds is 6. The monoisotopic (exact) mass is 289 g/mol. The van der Waals surface area contributed by atoms with Crippen molar-refractivity contribution in [2.45, 2.75) is 19.9 Å². The van der Waals surface area contributed by atoms with E-state index >= 15 is 0 Å². The second-order valence-corrected chi connectivity index (χ2v) is 5.06. The average molecular weight is 290 g/mol. The van der Waals surface area contributed by atoms with E-state index in [2.05, 4.69) is 28.9 Å². The Kier molecular flexibility index (Phi) is 5.39. The number of nitrogens with zero attached hydrogens (tertiary/aromatic N) is 2. The second kappa shape index (κ2) is 7.27. The highest BCUT2D eigenvalue weighted by Gasteiger charge is 2.08. The van der Waals surface area contributed by atoms with Crippen molar-refractivity contribution in [1.29, 1.82) is 0 Å². The molecule has 0 amide bonds. The number of hydrogen-bond acceptors (Lipinski definition) is 3. The first-order valence-corrected chi connectivity index (χ1v) is 7.25. The van der Waals surface area contributed by atoms with Crippen LogP contribution in [0.15, 0.2) is 42.6 Å². The first-order chi connectivity index (χ1) is 9.74. The Morgan fingerprint density at radius 2 is 2.10 bits per heavy atom. The van der Waals surface area contributed by atoms with E-state index in [1.165, 1.54) is 0 Å². The Hall–Kier alpha value is -1.58. The number of halogens is 1. The molecule has 1 aromatic carbocycles. The zero-order chi connectivity index (χ0) is 14.4. The highest BCUT2D eigenvalue weighted by atomic mass is 35.5. The second-order valence-electron chi connectivity index (χ2n) is 4.65. The summed E-state index contributed by atoms with van der Waals surface area (Å²) in [4.78, 5) is 6.62. The standard InChI is InChI=1S/C16H20ClN3/c1-2-20(12-14-5-3-4-10-19-14)15-7-6-13(8-9-18)16(17)11-15/h3-7,10-11H,2,8-9,12,18H2,1H3. The summed E-state index contributed by atoms with van der Waals surface area (Å²) in [5.74, 6) is 0. The molecule has 0 spiro atoms. The van der Waals surface area contributed by atoms with Gasteiger partial charge in [-0.05, 0) is 49.7 Å². The highest BCUT2D eigenvalue weighted by Crippen LogP contribution is 2.25. The number of pyridine rings is 1. The summed E-state index contributed by atoms with van der Waals surface area (Å²) in [6.07, 6.45) is 2.63. The van der Waals surface area contributed by atoms with Gasteiger partial charge in [0.2, 0.25) is 0 Å². The van der Waals surface area contributed by atoms with Crippen molar-refractivity contribution in [3.05, 3.63) is 58.9 Å². The van der Waals surface area contributed by atoms with Gasteiger partial charge in [-0.1, -0.05) is 23.7 Å². The lowest BCUT2D eigenvalue weighted by atomic mass is 10.1. The molecule has 0 aliphatic rings. The minimum atomic E-state index is 0.616. The van der Waals surface area contributed by atoms with Crippen LogP contribution in [-0.4, -0.2) is 18.1 Å². The molecule has 0 bridgehead atoms. The molecule has 106 valence electrons. The van der Waals surface area contributed by atoms with Gasteiger partial charge in [0.1, 0.15) is 0 Å². The van der Waals surface area contributed by atoms with Crippen LogP contribution in [0.2, 0.25) is 5.02 Å². The van der Waals surface area contributed by atoms with E-state index in [-0.39, 0.29) is 0 Å². The SMILES string of the molecule is CCN(Cc1ccccn1)c1ccc(CCN)c(Cl)c1. The lowest BCUT2D eigenvalue weighted by Gasteiger charge is -2.23. The zero-order valence-electron chi connectivity index (χ0n) is 11.7. The molecule has 0 aliphatic heterocycles. The van der Waals surface area contributed by atoms with E-state index < -0.39 is 0 Å². The number of nitrogens with two attached hydrogens (primary N) is 1. The minimum absolute atomic E-state index is 0.616. The third-order valence-corrected chi connectivity index (χ3v) is 3.63. The largest absolute Gasteiger partial charge is 0.366 e. The summed E-state index contributed by atoms with van der Waals surface area (Å²) < 4.78 is 0. The Balaban J connectivity index is 2.17. The molecule has 1 heterocycles. The van der Waals surface area contributed by atoms with Crippen LogP contribution in [0.3, 0.4) is 0 Å². The van der Waals surface area contributed by atoms with E-state index in [0.717, 1.165) is 41.5 Å². The summed E-state index contributed by atoms with van der Waals surface area (Å²) >= 11 is 6.31. The zero-order valence-corrected chi connectivity index (χ0v) is 12.5. The van der Waals surface area contributed by atoms with Gasteiger partial charge < -0.3 is 10.6 Å². The average Bonchev–Trinajstić information content (AvgIpc) is 2.48. The fraction of sp³-hybridized carbons (Fsp3) is 0.312. The fourth-order valence-corrected chi connectivity index (χ4v) is 2.43. The van der Waals surface area contributed by atoms with Gasteiger partial charge in [0.05, 0.1) is 12.2 Å².